The molecule has 1 saturated heterocycles. The molecule has 1 unspecified atom stereocenters. The second-order valence-electron chi connectivity index (χ2n) is 3.97. The summed E-state index contributed by atoms with van der Waals surface area (Å²) in [7, 11) is 0. The summed E-state index contributed by atoms with van der Waals surface area (Å²) in [6.07, 6.45) is 3.44. The number of carbonyl (C=O) groups is 1. The number of hydrogen-bond acceptors (Lipinski definition) is 3. The minimum Gasteiger partial charge on any atom is -0.341 e. The van der Waals surface area contributed by atoms with Gasteiger partial charge in [-0.3, -0.25) is 4.79 Å². The topological polar surface area (TPSA) is 56.1 Å². The van der Waals surface area contributed by atoms with Crippen LogP contribution in [0.2, 0.25) is 0 Å². The molecule has 84 valence electrons. The summed E-state index contributed by atoms with van der Waals surface area (Å²) < 4.78 is 0. The summed E-state index contributed by atoms with van der Waals surface area (Å²) in [5.41, 5.74) is 0. The first-order valence-corrected chi connectivity index (χ1v) is 5.65. The Labute approximate surface area is 91.2 Å². The van der Waals surface area contributed by atoms with Crippen molar-refractivity contribution in [2.24, 2.45) is 0 Å². The highest BCUT2D eigenvalue weighted by atomic mass is 16.2. The molecule has 0 aromatic heterocycles. The van der Waals surface area contributed by atoms with E-state index in [1.54, 1.807) is 0 Å². The van der Waals surface area contributed by atoms with Crippen LogP contribution >= 0.6 is 0 Å². The first-order chi connectivity index (χ1) is 7.25. The second-order valence-corrected chi connectivity index (χ2v) is 3.97. The van der Waals surface area contributed by atoms with Gasteiger partial charge in [0.2, 0.25) is 5.91 Å². The van der Waals surface area contributed by atoms with Gasteiger partial charge in [-0.05, 0) is 32.7 Å². The lowest BCUT2D eigenvalue weighted by molar-refractivity contribution is -0.132. The van der Waals surface area contributed by atoms with Gasteiger partial charge < -0.3 is 10.2 Å². The molecule has 1 aliphatic rings. The molecule has 1 aliphatic heterocycles. The van der Waals surface area contributed by atoms with Crippen molar-refractivity contribution >= 4 is 5.91 Å². The minimum atomic E-state index is -0.0523. The van der Waals surface area contributed by atoms with E-state index in [0.717, 1.165) is 38.9 Å². The number of nitrogens with one attached hydrogen (secondary N) is 1. The third kappa shape index (κ3) is 3.88. The van der Waals surface area contributed by atoms with Crippen molar-refractivity contribution < 1.29 is 4.79 Å². The number of nitrogens with zero attached hydrogens (tertiary/aromatic N) is 2. The minimum absolute atomic E-state index is 0.0523. The zero-order chi connectivity index (χ0) is 11.1. The Morgan fingerprint density at radius 2 is 2.40 bits per heavy atom. The molecule has 0 aliphatic carbocycles. The summed E-state index contributed by atoms with van der Waals surface area (Å²) in [6.45, 7) is 4.48. The Bertz CT molecular complexity index is 247. The predicted octanol–water partition coefficient (Wildman–Crippen LogP) is 0.891. The van der Waals surface area contributed by atoms with Crippen LogP contribution in [0.1, 0.15) is 32.6 Å². The monoisotopic (exact) mass is 209 g/mol. The maximum atomic E-state index is 11.8. The molecule has 1 rings (SSSR count). The van der Waals surface area contributed by atoms with Crippen LogP contribution < -0.4 is 5.32 Å². The van der Waals surface area contributed by atoms with Crippen LogP contribution in [0, 0.1) is 11.3 Å². The van der Waals surface area contributed by atoms with Crippen LogP contribution in [-0.2, 0) is 4.79 Å². The number of rotatable bonds is 4. The predicted molar refractivity (Wildman–Crippen MR) is 58.1 cm³/mol. The molecule has 0 radical (unpaired) electrons. The number of unbranched alkanes of at least 4 members (excludes halogenated alkanes) is 2. The van der Waals surface area contributed by atoms with E-state index in [-0.39, 0.29) is 11.9 Å². The van der Waals surface area contributed by atoms with Crippen LogP contribution in [0.5, 0.6) is 0 Å². The van der Waals surface area contributed by atoms with Gasteiger partial charge in [-0.25, -0.2) is 0 Å². The zero-order valence-corrected chi connectivity index (χ0v) is 9.33. The lowest BCUT2D eigenvalue weighted by atomic mass is 10.2. The lowest BCUT2D eigenvalue weighted by Gasteiger charge is -2.22. The summed E-state index contributed by atoms with van der Waals surface area (Å²) in [5, 5.41) is 11.6. The van der Waals surface area contributed by atoms with E-state index in [4.69, 9.17) is 5.26 Å². The van der Waals surface area contributed by atoms with Crippen LogP contribution in [-0.4, -0.2) is 36.5 Å². The van der Waals surface area contributed by atoms with Crippen molar-refractivity contribution in [3.8, 4) is 6.07 Å². The normalized spacial score (nSPS) is 22.3. The smallest absolute Gasteiger partial charge is 0.239 e. The van der Waals surface area contributed by atoms with Crippen LogP contribution in [0.15, 0.2) is 0 Å². The zero-order valence-electron chi connectivity index (χ0n) is 9.33. The third-order valence-corrected chi connectivity index (χ3v) is 2.70. The van der Waals surface area contributed by atoms with Gasteiger partial charge in [-0.15, -0.1) is 0 Å². The summed E-state index contributed by atoms with van der Waals surface area (Å²) >= 11 is 0. The Morgan fingerprint density at radius 1 is 1.60 bits per heavy atom. The van der Waals surface area contributed by atoms with E-state index in [1.807, 2.05) is 11.8 Å². The SMILES string of the molecule is CC1NCCCN(CCCCC#N)C1=O. The highest BCUT2D eigenvalue weighted by Crippen LogP contribution is 2.05. The molecule has 4 heteroatoms. The van der Waals surface area contributed by atoms with Crippen molar-refractivity contribution in [1.29, 1.82) is 5.26 Å². The van der Waals surface area contributed by atoms with Crippen LogP contribution in [0.25, 0.3) is 0 Å². The molecule has 1 atom stereocenters. The largest absolute Gasteiger partial charge is 0.341 e. The standard InChI is InChI=1S/C11H19N3O/c1-10-11(15)14(9-5-7-13-10)8-4-2-3-6-12/h10,13H,2-5,7-9H2,1H3. The molecular formula is C11H19N3O. The quantitative estimate of drug-likeness (QED) is 0.700. The second kappa shape index (κ2) is 6.41. The molecule has 15 heavy (non-hydrogen) atoms. The first kappa shape index (κ1) is 12.0. The van der Waals surface area contributed by atoms with E-state index in [9.17, 15) is 4.79 Å². The van der Waals surface area contributed by atoms with E-state index in [2.05, 4.69) is 11.4 Å². The summed E-state index contributed by atoms with van der Waals surface area (Å²) in [5.74, 6) is 0.199. The van der Waals surface area contributed by atoms with Gasteiger partial charge in [0.05, 0.1) is 12.1 Å². The number of carbonyl (C=O) groups excluding carboxylic acids is 1. The van der Waals surface area contributed by atoms with E-state index < -0.39 is 0 Å². The highest BCUT2D eigenvalue weighted by molar-refractivity contribution is 5.81. The van der Waals surface area contributed by atoms with E-state index >= 15 is 0 Å². The Hall–Kier alpha value is -1.08. The molecule has 1 heterocycles. The van der Waals surface area contributed by atoms with Crippen molar-refractivity contribution in [3.05, 3.63) is 0 Å². The molecule has 4 nitrogen and oxygen atoms in total. The lowest BCUT2D eigenvalue weighted by Crippen LogP contribution is -2.42. The first-order valence-electron chi connectivity index (χ1n) is 5.65. The van der Waals surface area contributed by atoms with Gasteiger partial charge in [0.1, 0.15) is 0 Å². The van der Waals surface area contributed by atoms with E-state index in [0.29, 0.717) is 6.42 Å². The number of amides is 1. The average Bonchev–Trinajstić information content (AvgIpc) is 2.39. The van der Waals surface area contributed by atoms with Gasteiger partial charge in [0, 0.05) is 19.5 Å². The van der Waals surface area contributed by atoms with E-state index in [1.165, 1.54) is 0 Å². The third-order valence-electron chi connectivity index (χ3n) is 2.70. The van der Waals surface area contributed by atoms with Gasteiger partial charge in [-0.2, -0.15) is 5.26 Å². The number of hydrogen-bond donors (Lipinski definition) is 1. The molecule has 1 amide bonds. The average molecular weight is 209 g/mol. The van der Waals surface area contributed by atoms with Gasteiger partial charge in [0.25, 0.3) is 0 Å². The fraction of sp³-hybridized carbons (Fsp3) is 0.818. The fourth-order valence-electron chi connectivity index (χ4n) is 1.79. The molecular weight excluding hydrogens is 190 g/mol. The molecule has 0 bridgehead atoms. The summed E-state index contributed by atoms with van der Waals surface area (Å²) in [4.78, 5) is 13.7. The van der Waals surface area contributed by atoms with Crippen LogP contribution in [0.3, 0.4) is 0 Å². The molecule has 1 N–H and O–H groups in total. The van der Waals surface area contributed by atoms with Crippen molar-refractivity contribution in [2.45, 2.75) is 38.6 Å². The Kier molecular flexibility index (Phi) is 5.13. The maximum Gasteiger partial charge on any atom is 0.239 e. The van der Waals surface area contributed by atoms with Crippen LogP contribution in [0.4, 0.5) is 0 Å². The molecule has 1 fully saturated rings. The van der Waals surface area contributed by atoms with Gasteiger partial charge in [0.15, 0.2) is 0 Å². The molecule has 0 aromatic rings. The van der Waals surface area contributed by atoms with Crippen molar-refractivity contribution in [1.82, 2.24) is 10.2 Å². The molecule has 0 saturated carbocycles. The fourth-order valence-corrected chi connectivity index (χ4v) is 1.79. The molecule has 0 spiro atoms. The van der Waals surface area contributed by atoms with Gasteiger partial charge >= 0.3 is 0 Å². The maximum absolute atomic E-state index is 11.8. The van der Waals surface area contributed by atoms with Crippen molar-refractivity contribution in [2.75, 3.05) is 19.6 Å². The van der Waals surface area contributed by atoms with Crippen molar-refractivity contribution in [3.63, 3.8) is 0 Å². The molecule has 0 aromatic carbocycles. The summed E-state index contributed by atoms with van der Waals surface area (Å²) in [6, 6.07) is 2.07. The number of nitriles is 1. The Morgan fingerprint density at radius 3 is 3.13 bits per heavy atom. The van der Waals surface area contributed by atoms with Gasteiger partial charge in [-0.1, -0.05) is 0 Å². The highest BCUT2D eigenvalue weighted by Gasteiger charge is 2.21. The Balaban J connectivity index is 2.32.